The van der Waals surface area contributed by atoms with Crippen molar-refractivity contribution >= 4 is 44.6 Å². The topological polar surface area (TPSA) is 58.1 Å². The molecule has 0 atom stereocenters. The zero-order chi connectivity index (χ0) is 17.9. The lowest BCUT2D eigenvalue weighted by atomic mass is 10.2. The molecule has 2 aromatic heterocycles. The second-order valence-electron chi connectivity index (χ2n) is 5.80. The lowest BCUT2D eigenvalue weighted by Gasteiger charge is -2.18. The molecule has 0 aliphatic rings. The Morgan fingerprint density at radius 3 is 2.77 bits per heavy atom. The highest BCUT2D eigenvalue weighted by Crippen LogP contribution is 2.34. The van der Waals surface area contributed by atoms with Crippen LogP contribution in [-0.2, 0) is 6.54 Å². The maximum Gasteiger partial charge on any atom is 0.321 e. The van der Waals surface area contributed by atoms with Crippen molar-refractivity contribution in [2.24, 2.45) is 0 Å². The molecule has 4 rings (SSSR count). The molecule has 4 aromatic rings. The van der Waals surface area contributed by atoms with Gasteiger partial charge in [-0.05, 0) is 24.3 Å². The third-order valence-corrected chi connectivity index (χ3v) is 5.63. The molecule has 130 valence electrons. The lowest BCUT2D eigenvalue weighted by Crippen LogP contribution is -2.31. The normalized spacial score (nSPS) is 10.8. The number of rotatable bonds is 4. The molecule has 0 unspecified atom stereocenters. The number of benzene rings is 2. The van der Waals surface area contributed by atoms with Crippen molar-refractivity contribution in [3.63, 3.8) is 0 Å². The van der Waals surface area contributed by atoms with Crippen molar-refractivity contribution in [2.45, 2.75) is 6.54 Å². The second kappa shape index (κ2) is 7.23. The van der Waals surface area contributed by atoms with Crippen LogP contribution in [-0.4, -0.2) is 27.9 Å². The van der Waals surface area contributed by atoms with Crippen LogP contribution in [0.5, 0.6) is 0 Å². The summed E-state index contributed by atoms with van der Waals surface area (Å²) >= 11 is 3.14. The van der Waals surface area contributed by atoms with Gasteiger partial charge >= 0.3 is 6.03 Å². The number of hydrogen-bond donors (Lipinski definition) is 1. The van der Waals surface area contributed by atoms with Crippen LogP contribution in [0.15, 0.2) is 59.4 Å². The quantitative estimate of drug-likeness (QED) is 0.537. The summed E-state index contributed by atoms with van der Waals surface area (Å²) in [6.45, 7) is 0.471. The first kappa shape index (κ1) is 16.7. The van der Waals surface area contributed by atoms with E-state index in [9.17, 15) is 4.79 Å². The van der Waals surface area contributed by atoms with E-state index in [4.69, 9.17) is 4.98 Å². The third kappa shape index (κ3) is 3.44. The fourth-order valence-corrected chi connectivity index (χ4v) is 4.16. The van der Waals surface area contributed by atoms with Gasteiger partial charge in [-0.1, -0.05) is 24.3 Å². The predicted molar refractivity (Wildman–Crippen MR) is 108 cm³/mol. The molecule has 0 aliphatic heterocycles. The summed E-state index contributed by atoms with van der Waals surface area (Å²) < 4.78 is 1.13. The minimum absolute atomic E-state index is 0.174. The largest absolute Gasteiger partial charge is 0.322 e. The first-order chi connectivity index (χ1) is 12.7. The molecule has 0 radical (unpaired) electrons. The van der Waals surface area contributed by atoms with Crippen LogP contribution in [0, 0.1) is 0 Å². The number of nitrogens with zero attached hydrogens (tertiary/aromatic N) is 3. The van der Waals surface area contributed by atoms with Crippen LogP contribution in [0.3, 0.4) is 0 Å². The molecular formula is C19H16N4OS2. The smallest absolute Gasteiger partial charge is 0.321 e. The first-order valence-corrected chi connectivity index (χ1v) is 9.81. The third-order valence-electron chi connectivity index (χ3n) is 3.92. The molecule has 1 N–H and O–H groups in total. The van der Waals surface area contributed by atoms with Crippen LogP contribution in [0.2, 0.25) is 0 Å². The summed E-state index contributed by atoms with van der Waals surface area (Å²) in [5, 5.41) is 5.83. The van der Waals surface area contributed by atoms with Gasteiger partial charge in [0.2, 0.25) is 0 Å². The fraction of sp³-hybridized carbons (Fsp3) is 0.105. The van der Waals surface area contributed by atoms with Crippen LogP contribution >= 0.6 is 22.7 Å². The number of hydrogen-bond acceptors (Lipinski definition) is 5. The van der Waals surface area contributed by atoms with Crippen molar-refractivity contribution in [3.8, 4) is 10.6 Å². The monoisotopic (exact) mass is 380 g/mol. The van der Waals surface area contributed by atoms with E-state index in [0.29, 0.717) is 6.54 Å². The van der Waals surface area contributed by atoms with Gasteiger partial charge in [-0.25, -0.2) is 14.8 Å². The van der Waals surface area contributed by atoms with E-state index >= 15 is 0 Å². The average molecular weight is 380 g/mol. The van der Waals surface area contributed by atoms with E-state index in [0.717, 1.165) is 32.2 Å². The minimum atomic E-state index is -0.174. The highest BCUT2D eigenvalue weighted by molar-refractivity contribution is 7.21. The van der Waals surface area contributed by atoms with E-state index in [1.54, 1.807) is 28.8 Å². The second-order valence-corrected chi connectivity index (χ2v) is 7.55. The van der Waals surface area contributed by atoms with E-state index in [1.807, 2.05) is 47.8 Å². The summed E-state index contributed by atoms with van der Waals surface area (Å²) in [6, 6.07) is 15.6. The van der Waals surface area contributed by atoms with E-state index < -0.39 is 0 Å². The summed E-state index contributed by atoms with van der Waals surface area (Å²) in [4.78, 5) is 23.1. The Labute approximate surface area is 159 Å². The summed E-state index contributed by atoms with van der Waals surface area (Å²) in [6.07, 6.45) is 0. The van der Waals surface area contributed by atoms with Crippen LogP contribution in [0.1, 0.15) is 5.69 Å². The molecule has 0 spiro atoms. The van der Waals surface area contributed by atoms with E-state index in [1.165, 1.54) is 11.3 Å². The highest BCUT2D eigenvalue weighted by atomic mass is 32.1. The van der Waals surface area contributed by atoms with E-state index in [-0.39, 0.29) is 6.03 Å². The summed E-state index contributed by atoms with van der Waals surface area (Å²) in [5.41, 5.74) is 5.29. The molecule has 26 heavy (non-hydrogen) atoms. The standard InChI is InChI=1S/C19H16N4OS2/c1-23(10-13-11-25-12-20-13)19(24)22-15-7-3-2-6-14(15)18-21-16-8-4-5-9-17(16)26-18/h2-9,11-12H,10H2,1H3,(H,22,24). The number of aromatic nitrogens is 2. The Hall–Kier alpha value is -2.77. The summed E-state index contributed by atoms with van der Waals surface area (Å²) in [5.74, 6) is 0. The van der Waals surface area contributed by atoms with Gasteiger partial charge in [0.15, 0.2) is 0 Å². The number of amides is 2. The number of anilines is 1. The summed E-state index contributed by atoms with van der Waals surface area (Å²) in [7, 11) is 1.76. The van der Waals surface area contributed by atoms with Crippen LogP contribution < -0.4 is 5.32 Å². The Morgan fingerprint density at radius 2 is 1.96 bits per heavy atom. The maximum absolute atomic E-state index is 12.6. The number of urea groups is 1. The average Bonchev–Trinajstić information content (AvgIpc) is 3.31. The van der Waals surface area contributed by atoms with Gasteiger partial charge in [0.25, 0.3) is 0 Å². The van der Waals surface area contributed by atoms with Crippen molar-refractivity contribution in [1.82, 2.24) is 14.9 Å². The molecule has 0 aliphatic carbocycles. The highest BCUT2D eigenvalue weighted by Gasteiger charge is 2.15. The van der Waals surface area contributed by atoms with Crippen molar-refractivity contribution in [2.75, 3.05) is 12.4 Å². The molecule has 0 bridgehead atoms. The van der Waals surface area contributed by atoms with Gasteiger partial charge in [0.05, 0.1) is 33.7 Å². The molecular weight excluding hydrogens is 364 g/mol. The number of nitrogens with one attached hydrogen (secondary N) is 1. The van der Waals surface area contributed by atoms with Gasteiger partial charge in [0, 0.05) is 18.0 Å². The van der Waals surface area contributed by atoms with Gasteiger partial charge in [-0.15, -0.1) is 22.7 Å². The number of fused-ring (bicyclic) bond motifs is 1. The molecule has 5 nitrogen and oxygen atoms in total. The van der Waals surface area contributed by atoms with Crippen LogP contribution in [0.25, 0.3) is 20.8 Å². The number of carbonyl (C=O) groups is 1. The zero-order valence-corrected chi connectivity index (χ0v) is 15.7. The Balaban J connectivity index is 1.58. The van der Waals surface area contributed by atoms with E-state index in [2.05, 4.69) is 16.4 Å². The number of carbonyl (C=O) groups excluding carboxylic acids is 1. The number of para-hydroxylation sites is 2. The van der Waals surface area contributed by atoms with Gasteiger partial charge in [-0.3, -0.25) is 0 Å². The Kier molecular flexibility index (Phi) is 4.64. The van der Waals surface area contributed by atoms with Gasteiger partial charge < -0.3 is 10.2 Å². The molecule has 0 fully saturated rings. The number of thiazole rings is 2. The van der Waals surface area contributed by atoms with Gasteiger partial charge in [0.1, 0.15) is 5.01 Å². The Morgan fingerprint density at radius 1 is 1.15 bits per heavy atom. The predicted octanol–water partition coefficient (Wildman–Crippen LogP) is 5.08. The zero-order valence-electron chi connectivity index (χ0n) is 14.0. The lowest BCUT2D eigenvalue weighted by molar-refractivity contribution is 0.220. The molecule has 2 heterocycles. The Bertz CT molecular complexity index is 1010. The molecule has 2 aromatic carbocycles. The fourth-order valence-electron chi connectivity index (χ4n) is 2.61. The molecule has 0 saturated heterocycles. The first-order valence-electron chi connectivity index (χ1n) is 8.05. The van der Waals surface area contributed by atoms with Gasteiger partial charge in [-0.2, -0.15) is 0 Å². The van der Waals surface area contributed by atoms with Crippen molar-refractivity contribution < 1.29 is 4.79 Å². The van der Waals surface area contributed by atoms with Crippen molar-refractivity contribution in [1.29, 1.82) is 0 Å². The molecule has 7 heteroatoms. The molecule has 2 amide bonds. The minimum Gasteiger partial charge on any atom is -0.322 e. The maximum atomic E-state index is 12.6. The van der Waals surface area contributed by atoms with Crippen LogP contribution in [0.4, 0.5) is 10.5 Å². The molecule has 0 saturated carbocycles. The van der Waals surface area contributed by atoms with Crippen molar-refractivity contribution in [3.05, 3.63) is 65.1 Å². The SMILES string of the molecule is CN(Cc1cscn1)C(=O)Nc1ccccc1-c1nc2ccccc2s1.